The van der Waals surface area contributed by atoms with Crippen molar-refractivity contribution in [3.05, 3.63) is 11.9 Å². The molecular formula is C11H16N4O2. The topological polar surface area (TPSA) is 71.2 Å². The van der Waals surface area contributed by atoms with Crippen molar-refractivity contribution >= 4 is 5.91 Å². The van der Waals surface area contributed by atoms with Gasteiger partial charge in [-0.3, -0.25) is 9.48 Å². The highest BCUT2D eigenvalue weighted by Gasteiger charge is 2.39. The largest absolute Gasteiger partial charge is 0.390 e. The Hall–Kier alpha value is -1.43. The molecule has 1 aliphatic heterocycles. The zero-order valence-electron chi connectivity index (χ0n) is 9.62. The second-order valence-electron chi connectivity index (χ2n) is 4.97. The second-order valence-corrected chi connectivity index (χ2v) is 4.97. The molecule has 1 aliphatic carbocycles. The van der Waals surface area contributed by atoms with Gasteiger partial charge in [0.25, 0.3) is 0 Å². The van der Waals surface area contributed by atoms with Gasteiger partial charge < -0.3 is 10.0 Å². The maximum absolute atomic E-state index is 11.7. The van der Waals surface area contributed by atoms with Gasteiger partial charge in [0, 0.05) is 31.5 Å². The lowest BCUT2D eigenvalue weighted by Gasteiger charge is -2.39. The van der Waals surface area contributed by atoms with E-state index in [0.717, 1.165) is 32.5 Å². The molecule has 0 unspecified atom stereocenters. The second kappa shape index (κ2) is 4.10. The number of aliphatic hydroxyl groups is 1. The fraction of sp³-hybridized carbons (Fsp3) is 0.727. The first-order chi connectivity index (χ1) is 8.26. The maximum Gasteiger partial charge on any atom is 0.225 e. The van der Waals surface area contributed by atoms with E-state index in [9.17, 15) is 4.79 Å². The van der Waals surface area contributed by atoms with Gasteiger partial charge in [0.15, 0.2) is 0 Å². The number of rotatable bonds is 4. The number of likely N-dealkylation sites (tertiary alicyclic amines) is 1. The molecular weight excluding hydrogens is 220 g/mol. The van der Waals surface area contributed by atoms with Crippen LogP contribution in [0.2, 0.25) is 0 Å². The van der Waals surface area contributed by atoms with E-state index in [1.54, 1.807) is 10.9 Å². The molecule has 2 heterocycles. The molecule has 1 amide bonds. The molecule has 2 fully saturated rings. The Morgan fingerprint density at radius 1 is 1.47 bits per heavy atom. The lowest BCUT2D eigenvalue weighted by atomic mass is 9.99. The molecule has 1 aromatic rings. The molecule has 0 radical (unpaired) electrons. The van der Waals surface area contributed by atoms with E-state index in [1.807, 2.05) is 4.90 Å². The molecule has 1 saturated heterocycles. The number of carbonyl (C=O) groups excluding carboxylic acids is 1. The third-order valence-corrected chi connectivity index (χ3v) is 3.39. The van der Waals surface area contributed by atoms with Crippen LogP contribution in [0.3, 0.4) is 0 Å². The van der Waals surface area contributed by atoms with Crippen LogP contribution in [-0.2, 0) is 17.9 Å². The van der Waals surface area contributed by atoms with Crippen molar-refractivity contribution in [2.45, 2.75) is 26.0 Å². The average Bonchev–Trinajstić information content (AvgIpc) is 3.02. The average molecular weight is 236 g/mol. The molecule has 92 valence electrons. The Bertz CT molecular complexity index is 421. The predicted octanol–water partition coefficient (Wildman–Crippen LogP) is -0.361. The van der Waals surface area contributed by atoms with Crippen molar-refractivity contribution in [2.75, 3.05) is 13.1 Å². The van der Waals surface area contributed by atoms with Crippen LogP contribution in [0, 0.1) is 11.8 Å². The van der Waals surface area contributed by atoms with Crippen molar-refractivity contribution in [1.82, 2.24) is 19.9 Å². The van der Waals surface area contributed by atoms with Crippen LogP contribution in [0.5, 0.6) is 0 Å². The summed E-state index contributed by atoms with van der Waals surface area (Å²) in [5.74, 6) is 1.13. The van der Waals surface area contributed by atoms with E-state index in [4.69, 9.17) is 5.11 Å². The van der Waals surface area contributed by atoms with Crippen LogP contribution < -0.4 is 0 Å². The van der Waals surface area contributed by atoms with E-state index in [0.29, 0.717) is 23.4 Å². The number of aromatic nitrogens is 3. The van der Waals surface area contributed by atoms with Crippen LogP contribution in [0.15, 0.2) is 6.20 Å². The minimum absolute atomic E-state index is 0.0725. The number of hydrogen-bond acceptors (Lipinski definition) is 4. The number of amides is 1. The van der Waals surface area contributed by atoms with Crippen molar-refractivity contribution in [1.29, 1.82) is 0 Å². The van der Waals surface area contributed by atoms with Crippen molar-refractivity contribution in [2.24, 2.45) is 11.8 Å². The van der Waals surface area contributed by atoms with E-state index < -0.39 is 0 Å². The Morgan fingerprint density at radius 3 is 2.82 bits per heavy atom. The van der Waals surface area contributed by atoms with E-state index >= 15 is 0 Å². The Labute approximate surface area is 99.2 Å². The summed E-state index contributed by atoms with van der Waals surface area (Å²) in [7, 11) is 0. The van der Waals surface area contributed by atoms with Crippen molar-refractivity contribution < 1.29 is 9.90 Å². The maximum atomic E-state index is 11.7. The Kier molecular flexibility index (Phi) is 2.58. The third-order valence-electron chi connectivity index (χ3n) is 3.39. The molecule has 2 aliphatic rings. The lowest BCUT2D eigenvalue weighted by molar-refractivity contribution is -0.139. The van der Waals surface area contributed by atoms with Gasteiger partial charge in [-0.25, -0.2) is 0 Å². The fourth-order valence-electron chi connectivity index (χ4n) is 2.22. The van der Waals surface area contributed by atoms with E-state index in [1.165, 1.54) is 0 Å². The number of nitrogens with zero attached hydrogens (tertiary/aromatic N) is 4. The minimum Gasteiger partial charge on any atom is -0.390 e. The summed E-state index contributed by atoms with van der Waals surface area (Å²) in [4.78, 5) is 13.6. The molecule has 1 N–H and O–H groups in total. The molecule has 0 atom stereocenters. The predicted molar refractivity (Wildman–Crippen MR) is 58.7 cm³/mol. The third kappa shape index (κ3) is 2.17. The molecule has 1 saturated carbocycles. The summed E-state index contributed by atoms with van der Waals surface area (Å²) < 4.78 is 1.75. The van der Waals surface area contributed by atoms with Crippen molar-refractivity contribution in [3.63, 3.8) is 0 Å². The summed E-state index contributed by atoms with van der Waals surface area (Å²) in [6, 6.07) is 0. The van der Waals surface area contributed by atoms with Gasteiger partial charge in [-0.1, -0.05) is 5.21 Å². The highest BCUT2D eigenvalue weighted by atomic mass is 16.3. The first-order valence-electron chi connectivity index (χ1n) is 6.05. The monoisotopic (exact) mass is 236 g/mol. The van der Waals surface area contributed by atoms with Crippen molar-refractivity contribution in [3.8, 4) is 0 Å². The van der Waals surface area contributed by atoms with Crippen LogP contribution >= 0.6 is 0 Å². The molecule has 6 heteroatoms. The Morgan fingerprint density at radius 2 is 2.24 bits per heavy atom. The van der Waals surface area contributed by atoms with Crippen LogP contribution in [0.4, 0.5) is 0 Å². The molecule has 6 nitrogen and oxygen atoms in total. The number of carbonyl (C=O) groups is 1. The van der Waals surface area contributed by atoms with Gasteiger partial charge in [0.2, 0.25) is 5.91 Å². The van der Waals surface area contributed by atoms with Gasteiger partial charge in [-0.2, -0.15) is 0 Å². The Balaban J connectivity index is 1.47. The summed E-state index contributed by atoms with van der Waals surface area (Å²) in [5, 5.41) is 16.6. The smallest absolute Gasteiger partial charge is 0.225 e. The van der Waals surface area contributed by atoms with Gasteiger partial charge in [0.05, 0.1) is 12.8 Å². The molecule has 0 spiro atoms. The lowest BCUT2D eigenvalue weighted by Crippen LogP contribution is -2.52. The van der Waals surface area contributed by atoms with Gasteiger partial charge in [-0.15, -0.1) is 5.10 Å². The quantitative estimate of drug-likeness (QED) is 0.775. The zero-order valence-corrected chi connectivity index (χ0v) is 9.62. The molecule has 17 heavy (non-hydrogen) atoms. The molecule has 0 bridgehead atoms. The van der Waals surface area contributed by atoms with Crippen LogP contribution in [0.1, 0.15) is 18.5 Å². The summed E-state index contributed by atoms with van der Waals surface area (Å²) >= 11 is 0. The van der Waals surface area contributed by atoms with Crippen LogP contribution in [-0.4, -0.2) is 44.0 Å². The normalized spacial score (nSPS) is 20.4. The highest BCUT2D eigenvalue weighted by molar-refractivity contribution is 5.81. The van der Waals surface area contributed by atoms with Gasteiger partial charge >= 0.3 is 0 Å². The first-order valence-corrected chi connectivity index (χ1v) is 6.05. The number of aliphatic hydroxyl groups excluding tert-OH is 1. The standard InChI is InChI=1S/C11H16N4O2/c16-7-10-6-15(13-12-10)5-8-3-14(4-8)11(17)9-1-2-9/h6,8-9,16H,1-5,7H2. The zero-order chi connectivity index (χ0) is 11.8. The SMILES string of the molecule is O=C(C1CC1)N1CC(Cn2cc(CO)nn2)C1. The number of hydrogen-bond donors (Lipinski definition) is 1. The first kappa shape index (κ1) is 10.7. The molecule has 0 aromatic carbocycles. The van der Waals surface area contributed by atoms with E-state index in [-0.39, 0.29) is 6.61 Å². The van der Waals surface area contributed by atoms with E-state index in [2.05, 4.69) is 10.3 Å². The summed E-state index contributed by atoms with van der Waals surface area (Å²) in [6.45, 7) is 2.38. The highest BCUT2D eigenvalue weighted by Crippen LogP contribution is 2.33. The molecule has 1 aromatic heterocycles. The van der Waals surface area contributed by atoms with Gasteiger partial charge in [-0.05, 0) is 12.8 Å². The van der Waals surface area contributed by atoms with Gasteiger partial charge in [0.1, 0.15) is 5.69 Å². The summed E-state index contributed by atoms with van der Waals surface area (Å²) in [5.41, 5.74) is 0.593. The van der Waals surface area contributed by atoms with Crippen LogP contribution in [0.25, 0.3) is 0 Å². The summed E-state index contributed by atoms with van der Waals surface area (Å²) in [6.07, 6.45) is 3.90. The molecule has 3 rings (SSSR count). The fourth-order valence-corrected chi connectivity index (χ4v) is 2.22. The minimum atomic E-state index is -0.0725.